The van der Waals surface area contributed by atoms with Gasteiger partial charge in [-0.3, -0.25) is 9.79 Å². The van der Waals surface area contributed by atoms with Crippen LogP contribution in [0.3, 0.4) is 0 Å². The van der Waals surface area contributed by atoms with Gasteiger partial charge < -0.3 is 5.32 Å². The number of hydrogen-bond donors (Lipinski definition) is 1. The normalized spacial score (nSPS) is 25.7. The van der Waals surface area contributed by atoms with Crippen molar-refractivity contribution in [1.29, 1.82) is 0 Å². The molecule has 1 amide bonds. The molecule has 1 aliphatic carbocycles. The monoisotopic (exact) mass is 178 g/mol. The highest BCUT2D eigenvalue weighted by molar-refractivity contribution is 5.91. The number of carbonyl (C=O) groups excluding carboxylic acids is 1. The lowest BCUT2D eigenvalue weighted by molar-refractivity contribution is -0.126. The molecular weight excluding hydrogens is 164 g/mol. The van der Waals surface area contributed by atoms with Crippen molar-refractivity contribution in [3.05, 3.63) is 12.3 Å². The lowest BCUT2D eigenvalue weighted by Gasteiger charge is -2.30. The predicted molar refractivity (Wildman–Crippen MR) is 51.6 cm³/mol. The molecule has 0 aromatic carbocycles. The van der Waals surface area contributed by atoms with Crippen molar-refractivity contribution in [2.75, 3.05) is 0 Å². The molecule has 3 heteroatoms. The fourth-order valence-corrected chi connectivity index (χ4v) is 2.04. The Balaban J connectivity index is 2.22. The van der Waals surface area contributed by atoms with Crippen molar-refractivity contribution in [3.8, 4) is 0 Å². The second-order valence-electron chi connectivity index (χ2n) is 3.70. The molecule has 1 spiro atoms. The highest BCUT2D eigenvalue weighted by atomic mass is 16.2. The molecule has 1 aliphatic heterocycles. The summed E-state index contributed by atoms with van der Waals surface area (Å²) in [6.07, 6.45) is 10.4. The minimum absolute atomic E-state index is 0.0669. The standard InChI is InChI=1S/C10H14N2O/c13-9-10(5-2-1-3-6-10)12-8-4-7-11-9/h4,7-8H,1-3,5-6H2,(H,11,13). The summed E-state index contributed by atoms with van der Waals surface area (Å²) in [5.74, 6) is 0.0669. The summed E-state index contributed by atoms with van der Waals surface area (Å²) in [5.41, 5.74) is -0.443. The van der Waals surface area contributed by atoms with Gasteiger partial charge in [-0.15, -0.1) is 0 Å². The van der Waals surface area contributed by atoms with E-state index < -0.39 is 5.54 Å². The fraction of sp³-hybridized carbons (Fsp3) is 0.600. The maximum atomic E-state index is 11.7. The molecule has 0 radical (unpaired) electrons. The molecule has 0 aromatic heterocycles. The lowest BCUT2D eigenvalue weighted by Crippen LogP contribution is -2.44. The quantitative estimate of drug-likeness (QED) is 0.598. The Bertz CT molecular complexity index is 262. The number of aliphatic imine (C=N–C) groups is 1. The molecule has 2 aliphatic rings. The number of nitrogens with zero attached hydrogens (tertiary/aromatic N) is 1. The van der Waals surface area contributed by atoms with Gasteiger partial charge >= 0.3 is 0 Å². The fourth-order valence-electron chi connectivity index (χ4n) is 2.04. The Hall–Kier alpha value is -1.12. The Morgan fingerprint density at radius 1 is 1.31 bits per heavy atom. The van der Waals surface area contributed by atoms with Gasteiger partial charge in [-0.2, -0.15) is 0 Å². The van der Waals surface area contributed by atoms with Crippen molar-refractivity contribution < 1.29 is 4.79 Å². The molecule has 13 heavy (non-hydrogen) atoms. The molecule has 3 nitrogen and oxygen atoms in total. The van der Waals surface area contributed by atoms with Crippen LogP contribution < -0.4 is 5.32 Å². The van der Waals surface area contributed by atoms with E-state index in [4.69, 9.17) is 0 Å². The largest absolute Gasteiger partial charge is 0.331 e. The molecular formula is C10H14N2O. The van der Waals surface area contributed by atoms with E-state index in [1.807, 2.05) is 0 Å². The SMILES string of the molecule is O=C1NC=CC=NC12CCCCC2. The van der Waals surface area contributed by atoms with Crippen LogP contribution >= 0.6 is 0 Å². The predicted octanol–water partition coefficient (Wildman–Crippen LogP) is 1.40. The maximum absolute atomic E-state index is 11.7. The van der Waals surface area contributed by atoms with Crippen LogP contribution in [0.2, 0.25) is 0 Å². The van der Waals surface area contributed by atoms with Crippen LogP contribution in [-0.4, -0.2) is 17.7 Å². The van der Waals surface area contributed by atoms with Gasteiger partial charge in [0.15, 0.2) is 0 Å². The number of rotatable bonds is 0. The van der Waals surface area contributed by atoms with E-state index in [0.29, 0.717) is 0 Å². The molecule has 0 aromatic rings. The van der Waals surface area contributed by atoms with Gasteiger partial charge in [0.25, 0.3) is 5.91 Å². The van der Waals surface area contributed by atoms with Gasteiger partial charge in [0.1, 0.15) is 5.54 Å². The van der Waals surface area contributed by atoms with Gasteiger partial charge in [-0.1, -0.05) is 19.3 Å². The third-order valence-electron chi connectivity index (χ3n) is 2.82. The Morgan fingerprint density at radius 2 is 2.08 bits per heavy atom. The molecule has 1 heterocycles. The van der Waals surface area contributed by atoms with Crippen LogP contribution in [0, 0.1) is 0 Å². The summed E-state index contributed by atoms with van der Waals surface area (Å²) in [5, 5.41) is 2.76. The zero-order valence-electron chi connectivity index (χ0n) is 7.62. The zero-order valence-corrected chi connectivity index (χ0v) is 7.62. The van der Waals surface area contributed by atoms with E-state index in [-0.39, 0.29) is 5.91 Å². The summed E-state index contributed by atoms with van der Waals surface area (Å²) in [4.78, 5) is 16.1. The van der Waals surface area contributed by atoms with Crippen molar-refractivity contribution in [2.24, 2.45) is 4.99 Å². The maximum Gasteiger partial charge on any atom is 0.251 e. The zero-order chi connectivity index (χ0) is 9.15. The van der Waals surface area contributed by atoms with E-state index in [9.17, 15) is 4.79 Å². The van der Waals surface area contributed by atoms with Crippen LogP contribution in [0.1, 0.15) is 32.1 Å². The minimum Gasteiger partial charge on any atom is -0.331 e. The lowest BCUT2D eigenvalue weighted by atomic mass is 9.81. The van der Waals surface area contributed by atoms with Gasteiger partial charge in [-0.25, -0.2) is 0 Å². The molecule has 1 fully saturated rings. The molecule has 0 saturated heterocycles. The first kappa shape index (κ1) is 8.48. The van der Waals surface area contributed by atoms with E-state index >= 15 is 0 Å². The van der Waals surface area contributed by atoms with E-state index in [1.54, 1.807) is 18.5 Å². The van der Waals surface area contributed by atoms with Crippen LogP contribution in [0.15, 0.2) is 17.3 Å². The van der Waals surface area contributed by atoms with E-state index in [1.165, 1.54) is 6.42 Å². The molecule has 1 saturated carbocycles. The van der Waals surface area contributed by atoms with Gasteiger partial charge in [-0.05, 0) is 18.9 Å². The van der Waals surface area contributed by atoms with Gasteiger partial charge in [0, 0.05) is 12.4 Å². The highest BCUT2D eigenvalue weighted by Crippen LogP contribution is 2.32. The summed E-state index contributed by atoms with van der Waals surface area (Å²) >= 11 is 0. The van der Waals surface area contributed by atoms with Gasteiger partial charge in [0.05, 0.1) is 0 Å². The molecule has 2 rings (SSSR count). The third-order valence-corrected chi connectivity index (χ3v) is 2.82. The van der Waals surface area contributed by atoms with Gasteiger partial charge in [0.2, 0.25) is 0 Å². The van der Waals surface area contributed by atoms with E-state index in [2.05, 4.69) is 10.3 Å². The number of amides is 1. The van der Waals surface area contributed by atoms with Crippen LogP contribution in [0.4, 0.5) is 0 Å². The van der Waals surface area contributed by atoms with Crippen molar-refractivity contribution in [2.45, 2.75) is 37.6 Å². The molecule has 70 valence electrons. The highest BCUT2D eigenvalue weighted by Gasteiger charge is 2.38. The first-order valence-electron chi connectivity index (χ1n) is 4.85. The Kier molecular flexibility index (Phi) is 2.17. The van der Waals surface area contributed by atoms with Crippen molar-refractivity contribution in [1.82, 2.24) is 5.32 Å². The Morgan fingerprint density at radius 3 is 2.85 bits per heavy atom. The number of carbonyl (C=O) groups is 1. The van der Waals surface area contributed by atoms with Crippen LogP contribution in [0.25, 0.3) is 0 Å². The average molecular weight is 178 g/mol. The second kappa shape index (κ2) is 3.32. The summed E-state index contributed by atoms with van der Waals surface area (Å²) < 4.78 is 0. The van der Waals surface area contributed by atoms with Crippen LogP contribution in [0.5, 0.6) is 0 Å². The summed E-state index contributed by atoms with van der Waals surface area (Å²) in [6.45, 7) is 0. The topological polar surface area (TPSA) is 41.5 Å². The average Bonchev–Trinajstić information content (AvgIpc) is 2.33. The number of hydrogen-bond acceptors (Lipinski definition) is 2. The molecule has 0 unspecified atom stereocenters. The first-order valence-corrected chi connectivity index (χ1v) is 4.85. The Labute approximate surface area is 77.9 Å². The summed E-state index contributed by atoms with van der Waals surface area (Å²) in [6, 6.07) is 0. The van der Waals surface area contributed by atoms with Crippen molar-refractivity contribution >= 4 is 12.1 Å². The molecule has 1 N–H and O–H groups in total. The second-order valence-corrected chi connectivity index (χ2v) is 3.70. The smallest absolute Gasteiger partial charge is 0.251 e. The number of nitrogens with one attached hydrogen (secondary N) is 1. The van der Waals surface area contributed by atoms with Crippen LogP contribution in [-0.2, 0) is 4.79 Å². The van der Waals surface area contributed by atoms with E-state index in [0.717, 1.165) is 25.7 Å². The van der Waals surface area contributed by atoms with Crippen molar-refractivity contribution in [3.63, 3.8) is 0 Å². The molecule has 0 atom stereocenters. The third kappa shape index (κ3) is 1.50. The first-order chi connectivity index (χ1) is 6.33. The minimum atomic E-state index is -0.443. The molecule has 0 bridgehead atoms. The number of allylic oxidation sites excluding steroid dienone is 1. The summed E-state index contributed by atoms with van der Waals surface area (Å²) in [7, 11) is 0.